The molecule has 1 atom stereocenters. The molecule has 1 fully saturated rings. The minimum atomic E-state index is -4.18. The highest BCUT2D eigenvalue weighted by Gasteiger charge is 2.40. The molecule has 0 radical (unpaired) electrons. The van der Waals surface area contributed by atoms with Crippen LogP contribution in [0.5, 0.6) is 0 Å². The van der Waals surface area contributed by atoms with E-state index in [1.165, 1.54) is 17.0 Å². The van der Waals surface area contributed by atoms with Crippen molar-refractivity contribution in [3.8, 4) is 0 Å². The predicted molar refractivity (Wildman–Crippen MR) is 130 cm³/mol. The molecule has 0 bridgehead atoms. The highest BCUT2D eigenvalue weighted by atomic mass is 32.2. The van der Waals surface area contributed by atoms with E-state index in [0.717, 1.165) is 5.39 Å². The smallest absolute Gasteiger partial charge is 0.325 e. The van der Waals surface area contributed by atoms with Gasteiger partial charge in [-0.05, 0) is 63.4 Å². The summed E-state index contributed by atoms with van der Waals surface area (Å²) in [5, 5.41) is 1.58. The average molecular weight is 505 g/mol. The van der Waals surface area contributed by atoms with Crippen LogP contribution in [-0.2, 0) is 33.9 Å². The summed E-state index contributed by atoms with van der Waals surface area (Å²) in [6.45, 7) is 6.53. The molecule has 1 N–H and O–H groups in total. The van der Waals surface area contributed by atoms with Crippen molar-refractivity contribution in [1.29, 1.82) is 0 Å². The second kappa shape index (κ2) is 10.7. The first-order valence-corrected chi connectivity index (χ1v) is 13.1. The van der Waals surface area contributed by atoms with E-state index in [4.69, 9.17) is 9.47 Å². The highest BCUT2D eigenvalue weighted by molar-refractivity contribution is 7.89. The van der Waals surface area contributed by atoms with Crippen LogP contribution in [0.15, 0.2) is 47.4 Å². The van der Waals surface area contributed by atoms with Gasteiger partial charge in [-0.25, -0.2) is 8.42 Å². The van der Waals surface area contributed by atoms with Crippen molar-refractivity contribution in [1.82, 2.24) is 9.62 Å². The Morgan fingerprint density at radius 3 is 2.31 bits per heavy atom. The Morgan fingerprint density at radius 1 is 1.06 bits per heavy atom. The third-order valence-electron chi connectivity index (χ3n) is 5.29. The maximum absolute atomic E-state index is 13.5. The second-order valence-corrected chi connectivity index (χ2v) is 11.2. The van der Waals surface area contributed by atoms with Crippen molar-refractivity contribution < 1.29 is 32.3 Å². The molecule has 190 valence electrons. The van der Waals surface area contributed by atoms with Gasteiger partial charge in [0.15, 0.2) is 0 Å². The topological polar surface area (TPSA) is 119 Å². The summed E-state index contributed by atoms with van der Waals surface area (Å²) in [7, 11) is -4.18. The predicted octanol–water partition coefficient (Wildman–Crippen LogP) is 2.77. The van der Waals surface area contributed by atoms with Crippen LogP contribution in [0.3, 0.4) is 0 Å². The van der Waals surface area contributed by atoms with Gasteiger partial charge in [-0.15, -0.1) is 0 Å². The van der Waals surface area contributed by atoms with Crippen molar-refractivity contribution in [2.75, 3.05) is 13.2 Å². The lowest BCUT2D eigenvalue weighted by molar-refractivity contribution is -0.157. The Hall–Kier alpha value is -2.98. The largest absolute Gasteiger partial charge is 0.465 e. The van der Waals surface area contributed by atoms with Gasteiger partial charge < -0.3 is 14.4 Å². The molecule has 35 heavy (non-hydrogen) atoms. The van der Waals surface area contributed by atoms with Crippen molar-refractivity contribution in [3.63, 3.8) is 0 Å². The molecule has 3 rings (SSSR count). The second-order valence-electron chi connectivity index (χ2n) is 9.48. The third kappa shape index (κ3) is 7.50. The van der Waals surface area contributed by atoms with Gasteiger partial charge in [0.05, 0.1) is 17.9 Å². The minimum Gasteiger partial charge on any atom is -0.465 e. The molecule has 1 aliphatic rings. The number of carbonyl (C=O) groups excluding carboxylic acids is 3. The molecule has 1 aliphatic carbocycles. The Morgan fingerprint density at radius 2 is 1.71 bits per heavy atom. The zero-order chi connectivity index (χ0) is 25.8. The molecule has 0 spiro atoms. The van der Waals surface area contributed by atoms with Gasteiger partial charge in [0.25, 0.3) is 0 Å². The van der Waals surface area contributed by atoms with Gasteiger partial charge in [0, 0.05) is 6.04 Å². The number of rotatable bonds is 10. The van der Waals surface area contributed by atoms with E-state index >= 15 is 0 Å². The van der Waals surface area contributed by atoms with Gasteiger partial charge >= 0.3 is 11.9 Å². The zero-order valence-electron chi connectivity index (χ0n) is 20.4. The number of esters is 2. The van der Waals surface area contributed by atoms with Crippen LogP contribution in [0, 0.1) is 0 Å². The van der Waals surface area contributed by atoms with Gasteiger partial charge in [-0.3, -0.25) is 14.4 Å². The van der Waals surface area contributed by atoms with Crippen LogP contribution >= 0.6 is 0 Å². The van der Waals surface area contributed by atoms with Gasteiger partial charge in [0.1, 0.15) is 18.2 Å². The molecule has 1 saturated carbocycles. The van der Waals surface area contributed by atoms with E-state index in [1.807, 2.05) is 12.1 Å². The number of hydrogen-bond donors (Lipinski definition) is 1. The zero-order valence-corrected chi connectivity index (χ0v) is 21.3. The van der Waals surface area contributed by atoms with E-state index in [-0.39, 0.29) is 24.1 Å². The molecule has 9 nitrogen and oxygen atoms in total. The molecule has 0 aromatic heterocycles. The summed E-state index contributed by atoms with van der Waals surface area (Å²) in [5.74, 6) is -2.00. The monoisotopic (exact) mass is 504 g/mol. The lowest BCUT2D eigenvalue weighted by Crippen LogP contribution is -2.52. The maximum Gasteiger partial charge on any atom is 0.325 e. The van der Waals surface area contributed by atoms with Crippen LogP contribution in [0.25, 0.3) is 10.8 Å². The maximum atomic E-state index is 13.5. The Bertz CT molecular complexity index is 1200. The van der Waals surface area contributed by atoms with E-state index < -0.39 is 45.9 Å². The summed E-state index contributed by atoms with van der Waals surface area (Å²) in [4.78, 5) is 39.4. The fourth-order valence-corrected chi connectivity index (χ4v) is 4.86. The highest BCUT2D eigenvalue weighted by Crippen LogP contribution is 2.28. The van der Waals surface area contributed by atoms with E-state index in [2.05, 4.69) is 4.72 Å². The summed E-state index contributed by atoms with van der Waals surface area (Å²) in [6.07, 6.45) is 0.846. The number of hydrogen-bond acceptors (Lipinski definition) is 7. The van der Waals surface area contributed by atoms with Crippen LogP contribution in [0.2, 0.25) is 0 Å². The molecule has 2 aromatic rings. The lowest BCUT2D eigenvalue weighted by atomic mass is 10.1. The standard InChI is InChI=1S/C25H32N2O7S/c1-5-33-23(29)16-27(19-11-12-19)24(30)21(15-22(28)34-25(2,3)4)26-35(31,32)20-13-10-17-8-6-7-9-18(17)14-20/h6-10,13-14,19,21,26H,5,11-12,15-16H2,1-4H3/t21-/m0/s1. The fourth-order valence-electron chi connectivity index (χ4n) is 3.64. The first kappa shape index (κ1) is 26.6. The van der Waals surface area contributed by atoms with E-state index in [9.17, 15) is 22.8 Å². The molecule has 10 heteroatoms. The van der Waals surface area contributed by atoms with Crippen LogP contribution in [0.4, 0.5) is 0 Å². The normalized spacial score (nSPS) is 14.9. The minimum absolute atomic E-state index is 0.0402. The summed E-state index contributed by atoms with van der Waals surface area (Å²) >= 11 is 0. The summed E-state index contributed by atoms with van der Waals surface area (Å²) in [6, 6.07) is 10.2. The quantitative estimate of drug-likeness (QED) is 0.494. The SMILES string of the molecule is CCOC(=O)CN(C(=O)[C@H](CC(=O)OC(C)(C)C)NS(=O)(=O)c1ccc2ccccc2c1)C1CC1. The van der Waals surface area contributed by atoms with Gasteiger partial charge in [-0.1, -0.05) is 30.3 Å². The Kier molecular flexibility index (Phi) is 8.17. The molecular formula is C25H32N2O7S. The number of amides is 1. The number of sulfonamides is 1. The number of nitrogens with one attached hydrogen (secondary N) is 1. The van der Waals surface area contributed by atoms with Gasteiger partial charge in [-0.2, -0.15) is 4.72 Å². The fraction of sp³-hybridized carbons (Fsp3) is 0.480. The first-order chi connectivity index (χ1) is 16.4. The van der Waals surface area contributed by atoms with E-state index in [1.54, 1.807) is 45.9 Å². The molecule has 0 unspecified atom stereocenters. The molecule has 2 aromatic carbocycles. The van der Waals surface area contributed by atoms with Crippen molar-refractivity contribution in [2.24, 2.45) is 0 Å². The van der Waals surface area contributed by atoms with Crippen molar-refractivity contribution in [3.05, 3.63) is 42.5 Å². The van der Waals surface area contributed by atoms with Crippen LogP contribution < -0.4 is 4.72 Å². The summed E-state index contributed by atoms with van der Waals surface area (Å²) in [5.41, 5.74) is -0.816. The Balaban J connectivity index is 1.89. The van der Waals surface area contributed by atoms with Crippen LogP contribution in [0.1, 0.15) is 47.0 Å². The number of fused-ring (bicyclic) bond motifs is 1. The first-order valence-electron chi connectivity index (χ1n) is 11.6. The van der Waals surface area contributed by atoms with Crippen molar-refractivity contribution in [2.45, 2.75) is 69.5 Å². The van der Waals surface area contributed by atoms with Crippen LogP contribution in [-0.4, -0.2) is 62.0 Å². The third-order valence-corrected chi connectivity index (χ3v) is 6.76. The molecule has 1 amide bonds. The number of nitrogens with zero attached hydrogens (tertiary/aromatic N) is 1. The number of carbonyl (C=O) groups is 3. The van der Waals surface area contributed by atoms with Gasteiger partial charge in [0.2, 0.25) is 15.9 Å². The Labute approximate surface area is 205 Å². The molecule has 0 heterocycles. The average Bonchev–Trinajstić information content (AvgIpc) is 3.60. The number of ether oxygens (including phenoxy) is 2. The molecule has 0 aliphatic heterocycles. The van der Waals surface area contributed by atoms with E-state index in [0.29, 0.717) is 18.2 Å². The number of benzene rings is 2. The summed E-state index contributed by atoms with van der Waals surface area (Å²) < 4.78 is 39.2. The molecular weight excluding hydrogens is 472 g/mol. The lowest BCUT2D eigenvalue weighted by Gasteiger charge is -2.28. The van der Waals surface area contributed by atoms with Crippen molar-refractivity contribution >= 4 is 38.6 Å². The molecule has 0 saturated heterocycles.